The molecule has 0 aromatic carbocycles. The van der Waals surface area contributed by atoms with Crippen LogP contribution in [-0.2, 0) is 17.7 Å². The first-order valence-corrected chi connectivity index (χ1v) is 3.79. The molecule has 1 unspecified atom stereocenters. The van der Waals surface area contributed by atoms with Crippen molar-refractivity contribution in [1.82, 2.24) is 14.8 Å². The van der Waals surface area contributed by atoms with E-state index in [1.165, 1.54) is 0 Å². The Hall–Kier alpha value is -0.900. The molecule has 4 heteroatoms. The normalized spacial score (nSPS) is 23.2. The Morgan fingerprint density at radius 1 is 1.73 bits per heavy atom. The highest BCUT2D eigenvalue weighted by atomic mass is 16.5. The first-order valence-electron chi connectivity index (χ1n) is 3.79. The molecule has 0 saturated heterocycles. The van der Waals surface area contributed by atoms with E-state index in [0.717, 1.165) is 25.2 Å². The Bertz CT molecular complexity index is 246. The first kappa shape index (κ1) is 6.79. The van der Waals surface area contributed by atoms with E-state index in [0.29, 0.717) is 6.10 Å². The molecule has 0 aliphatic carbocycles. The molecule has 1 aliphatic heterocycles. The maximum atomic E-state index is 5.24. The lowest BCUT2D eigenvalue weighted by molar-refractivity contribution is 0.0796. The van der Waals surface area contributed by atoms with E-state index >= 15 is 0 Å². The fraction of sp³-hybridized carbons (Fsp3) is 0.714. The van der Waals surface area contributed by atoms with Gasteiger partial charge in [0.2, 0.25) is 0 Å². The number of aryl methyl sites for hydroxylation is 1. The van der Waals surface area contributed by atoms with Crippen molar-refractivity contribution in [3.8, 4) is 0 Å². The number of ether oxygens (including phenoxy) is 1. The van der Waals surface area contributed by atoms with Gasteiger partial charge >= 0.3 is 0 Å². The van der Waals surface area contributed by atoms with Crippen molar-refractivity contribution in [2.45, 2.75) is 25.5 Å². The average Bonchev–Trinajstić information content (AvgIpc) is 2.50. The summed E-state index contributed by atoms with van der Waals surface area (Å²) in [6, 6.07) is 0. The van der Waals surface area contributed by atoms with Crippen LogP contribution in [0.4, 0.5) is 0 Å². The average molecular weight is 153 g/mol. The second kappa shape index (κ2) is 2.62. The molecule has 0 spiro atoms. The van der Waals surface area contributed by atoms with Crippen LogP contribution in [0.3, 0.4) is 0 Å². The minimum atomic E-state index is 0.340. The predicted octanol–water partition coefficient (Wildman–Crippen LogP) is 0.239. The summed E-state index contributed by atoms with van der Waals surface area (Å²) in [5, 5.41) is 7.82. The Morgan fingerprint density at radius 2 is 2.64 bits per heavy atom. The maximum absolute atomic E-state index is 5.24. The summed E-state index contributed by atoms with van der Waals surface area (Å²) in [7, 11) is 1.75. The lowest BCUT2D eigenvalue weighted by Crippen LogP contribution is -2.24. The Labute approximate surface area is 65.2 Å². The predicted molar refractivity (Wildman–Crippen MR) is 39.1 cm³/mol. The van der Waals surface area contributed by atoms with E-state index in [1.807, 2.05) is 0 Å². The van der Waals surface area contributed by atoms with Crippen LogP contribution < -0.4 is 0 Å². The zero-order valence-electron chi connectivity index (χ0n) is 6.53. The molecule has 60 valence electrons. The standard InChI is InChI=1S/C7H11N3O/c1-11-6-2-3-10-5-8-9-7(10)4-6/h5-6H,2-4H2,1H3. The van der Waals surface area contributed by atoms with E-state index in [2.05, 4.69) is 14.8 Å². The third-order valence-corrected chi connectivity index (χ3v) is 2.13. The van der Waals surface area contributed by atoms with E-state index in [9.17, 15) is 0 Å². The molecule has 0 fully saturated rings. The lowest BCUT2D eigenvalue weighted by Gasteiger charge is -2.20. The van der Waals surface area contributed by atoms with E-state index in [-0.39, 0.29) is 0 Å². The summed E-state index contributed by atoms with van der Waals surface area (Å²) < 4.78 is 7.32. The minimum Gasteiger partial charge on any atom is -0.381 e. The summed E-state index contributed by atoms with van der Waals surface area (Å²) in [6.07, 6.45) is 4.09. The van der Waals surface area contributed by atoms with Gasteiger partial charge in [0.1, 0.15) is 12.2 Å². The van der Waals surface area contributed by atoms with Gasteiger partial charge in [0, 0.05) is 20.1 Å². The Morgan fingerprint density at radius 3 is 3.45 bits per heavy atom. The molecule has 1 aliphatic rings. The molecular formula is C7H11N3O. The monoisotopic (exact) mass is 153 g/mol. The van der Waals surface area contributed by atoms with Gasteiger partial charge in [0.25, 0.3) is 0 Å². The molecule has 0 bridgehead atoms. The smallest absolute Gasteiger partial charge is 0.135 e. The SMILES string of the molecule is COC1CCn2cnnc2C1. The third kappa shape index (κ3) is 1.14. The number of aromatic nitrogens is 3. The molecule has 0 amide bonds. The van der Waals surface area contributed by atoms with Gasteiger partial charge in [0.05, 0.1) is 6.10 Å². The van der Waals surface area contributed by atoms with Crippen molar-refractivity contribution in [2.24, 2.45) is 0 Å². The van der Waals surface area contributed by atoms with Gasteiger partial charge in [-0.2, -0.15) is 0 Å². The molecule has 0 saturated carbocycles. The number of methoxy groups -OCH3 is 1. The van der Waals surface area contributed by atoms with Crippen molar-refractivity contribution in [2.75, 3.05) is 7.11 Å². The van der Waals surface area contributed by atoms with Crippen molar-refractivity contribution >= 4 is 0 Å². The lowest BCUT2D eigenvalue weighted by atomic mass is 10.1. The van der Waals surface area contributed by atoms with Crippen LogP contribution in [0, 0.1) is 0 Å². The van der Waals surface area contributed by atoms with Gasteiger partial charge in [-0.1, -0.05) is 0 Å². The Balaban J connectivity index is 2.18. The zero-order valence-corrected chi connectivity index (χ0v) is 6.53. The summed E-state index contributed by atoms with van der Waals surface area (Å²) in [6.45, 7) is 0.987. The summed E-state index contributed by atoms with van der Waals surface area (Å²) in [5.41, 5.74) is 0. The topological polar surface area (TPSA) is 39.9 Å². The highest BCUT2D eigenvalue weighted by molar-refractivity contribution is 4.92. The molecule has 1 atom stereocenters. The summed E-state index contributed by atoms with van der Waals surface area (Å²) >= 11 is 0. The van der Waals surface area contributed by atoms with Crippen LogP contribution in [0.15, 0.2) is 6.33 Å². The van der Waals surface area contributed by atoms with E-state index in [1.54, 1.807) is 13.4 Å². The van der Waals surface area contributed by atoms with Gasteiger partial charge in [-0.05, 0) is 6.42 Å². The number of hydrogen-bond acceptors (Lipinski definition) is 3. The van der Waals surface area contributed by atoms with Crippen molar-refractivity contribution in [3.05, 3.63) is 12.2 Å². The molecule has 2 rings (SSSR count). The van der Waals surface area contributed by atoms with Gasteiger partial charge in [-0.25, -0.2) is 0 Å². The van der Waals surface area contributed by atoms with Crippen molar-refractivity contribution in [1.29, 1.82) is 0 Å². The second-order valence-electron chi connectivity index (χ2n) is 2.79. The fourth-order valence-corrected chi connectivity index (χ4v) is 1.41. The van der Waals surface area contributed by atoms with E-state index < -0.39 is 0 Å². The highest BCUT2D eigenvalue weighted by Gasteiger charge is 2.18. The second-order valence-corrected chi connectivity index (χ2v) is 2.79. The van der Waals surface area contributed by atoms with Crippen LogP contribution in [-0.4, -0.2) is 28.0 Å². The van der Waals surface area contributed by atoms with Crippen LogP contribution in [0.5, 0.6) is 0 Å². The maximum Gasteiger partial charge on any atom is 0.135 e. The summed E-state index contributed by atoms with van der Waals surface area (Å²) in [5.74, 6) is 1.04. The highest BCUT2D eigenvalue weighted by Crippen LogP contribution is 2.13. The minimum absolute atomic E-state index is 0.340. The largest absolute Gasteiger partial charge is 0.381 e. The van der Waals surface area contributed by atoms with Gasteiger partial charge in [0.15, 0.2) is 0 Å². The molecule has 11 heavy (non-hydrogen) atoms. The molecule has 0 N–H and O–H groups in total. The first-order chi connectivity index (χ1) is 5.40. The molecule has 0 radical (unpaired) electrons. The number of hydrogen-bond donors (Lipinski definition) is 0. The number of rotatable bonds is 1. The van der Waals surface area contributed by atoms with Gasteiger partial charge < -0.3 is 9.30 Å². The van der Waals surface area contributed by atoms with Gasteiger partial charge in [-0.3, -0.25) is 0 Å². The van der Waals surface area contributed by atoms with Gasteiger partial charge in [-0.15, -0.1) is 10.2 Å². The molecule has 2 heterocycles. The van der Waals surface area contributed by atoms with Crippen LogP contribution in [0.1, 0.15) is 12.2 Å². The Kier molecular flexibility index (Phi) is 1.62. The molecule has 1 aromatic rings. The zero-order chi connectivity index (χ0) is 7.68. The van der Waals surface area contributed by atoms with E-state index in [4.69, 9.17) is 4.74 Å². The number of nitrogens with zero attached hydrogens (tertiary/aromatic N) is 3. The van der Waals surface area contributed by atoms with Crippen LogP contribution in [0.2, 0.25) is 0 Å². The quantitative estimate of drug-likeness (QED) is 0.580. The van der Waals surface area contributed by atoms with Crippen molar-refractivity contribution in [3.63, 3.8) is 0 Å². The molecule has 4 nitrogen and oxygen atoms in total. The molecular weight excluding hydrogens is 142 g/mol. The molecule has 1 aromatic heterocycles. The van der Waals surface area contributed by atoms with Crippen molar-refractivity contribution < 1.29 is 4.74 Å². The van der Waals surface area contributed by atoms with Crippen LogP contribution in [0.25, 0.3) is 0 Å². The summed E-state index contributed by atoms with van der Waals surface area (Å²) in [4.78, 5) is 0. The fourth-order valence-electron chi connectivity index (χ4n) is 1.41. The third-order valence-electron chi connectivity index (χ3n) is 2.13. The van der Waals surface area contributed by atoms with Crippen LogP contribution >= 0.6 is 0 Å². The number of fused-ring (bicyclic) bond motifs is 1.